The highest BCUT2D eigenvalue weighted by atomic mass is 19.1. The number of benzene rings is 1. The van der Waals surface area contributed by atoms with Crippen LogP contribution in [0.15, 0.2) is 49.4 Å². The molecule has 0 atom stereocenters. The molecule has 2 aromatic heterocycles. The van der Waals surface area contributed by atoms with Crippen molar-refractivity contribution in [2.75, 3.05) is 11.9 Å². The Balaban J connectivity index is 2.21. The molecule has 4 heteroatoms. The molecule has 0 unspecified atom stereocenters. The van der Waals surface area contributed by atoms with Crippen molar-refractivity contribution in [2.24, 2.45) is 0 Å². The molecule has 122 valence electrons. The average Bonchev–Trinajstić information content (AvgIpc) is 3.02. The maximum absolute atomic E-state index is 14.3. The quantitative estimate of drug-likeness (QED) is 0.798. The molecule has 0 aliphatic carbocycles. The van der Waals surface area contributed by atoms with E-state index in [0.717, 1.165) is 27.0 Å². The van der Waals surface area contributed by atoms with Crippen LogP contribution in [0.3, 0.4) is 0 Å². The Morgan fingerprint density at radius 1 is 1.33 bits per heavy atom. The van der Waals surface area contributed by atoms with E-state index in [-0.39, 0.29) is 5.82 Å². The van der Waals surface area contributed by atoms with Crippen molar-refractivity contribution in [1.29, 1.82) is 0 Å². The number of allylic oxidation sites excluding steroid dienone is 1. The molecule has 0 saturated heterocycles. The van der Waals surface area contributed by atoms with E-state index in [1.54, 1.807) is 18.5 Å². The molecule has 0 bridgehead atoms. The third-order valence-electron chi connectivity index (χ3n) is 4.01. The monoisotopic (exact) mass is 321 g/mol. The maximum atomic E-state index is 14.3. The van der Waals surface area contributed by atoms with Gasteiger partial charge in [0, 0.05) is 35.2 Å². The first-order valence-electron chi connectivity index (χ1n) is 7.96. The number of rotatable bonds is 4. The van der Waals surface area contributed by atoms with Crippen molar-refractivity contribution < 1.29 is 4.39 Å². The molecule has 3 aromatic rings. The number of nitrogens with one attached hydrogen (secondary N) is 1. The zero-order valence-electron chi connectivity index (χ0n) is 13.9. The predicted octanol–water partition coefficient (Wildman–Crippen LogP) is 3.36. The second kappa shape index (κ2) is 6.71. The SMILES string of the molecule is C=C(/C=c1/c(NCC)c(F)cc/c1=C/C)n1ccc2ccncc21. The predicted molar refractivity (Wildman–Crippen MR) is 99.5 cm³/mol. The summed E-state index contributed by atoms with van der Waals surface area (Å²) in [5.41, 5.74) is 2.23. The fraction of sp³-hybridized carbons (Fsp3) is 0.150. The summed E-state index contributed by atoms with van der Waals surface area (Å²) in [7, 11) is 0. The number of anilines is 1. The van der Waals surface area contributed by atoms with Gasteiger partial charge in [-0.1, -0.05) is 18.7 Å². The Morgan fingerprint density at radius 2 is 2.17 bits per heavy atom. The van der Waals surface area contributed by atoms with Gasteiger partial charge in [0.1, 0.15) is 5.82 Å². The van der Waals surface area contributed by atoms with Gasteiger partial charge in [-0.2, -0.15) is 0 Å². The second-order valence-electron chi connectivity index (χ2n) is 5.50. The highest BCUT2D eigenvalue weighted by molar-refractivity contribution is 5.88. The third-order valence-corrected chi connectivity index (χ3v) is 4.01. The number of aromatic nitrogens is 2. The van der Waals surface area contributed by atoms with Crippen LogP contribution in [0.4, 0.5) is 10.1 Å². The summed E-state index contributed by atoms with van der Waals surface area (Å²) >= 11 is 0. The molecule has 1 aromatic carbocycles. The van der Waals surface area contributed by atoms with Crippen molar-refractivity contribution in [2.45, 2.75) is 13.8 Å². The highest BCUT2D eigenvalue weighted by Gasteiger charge is 2.06. The minimum atomic E-state index is -0.263. The van der Waals surface area contributed by atoms with Crippen LogP contribution in [0.25, 0.3) is 28.8 Å². The van der Waals surface area contributed by atoms with E-state index in [1.807, 2.05) is 48.9 Å². The third kappa shape index (κ3) is 2.83. The Labute approximate surface area is 140 Å². The normalized spacial score (nSPS) is 12.8. The number of hydrogen-bond acceptors (Lipinski definition) is 2. The Bertz CT molecular complexity index is 1020. The molecule has 1 N–H and O–H groups in total. The summed E-state index contributed by atoms with van der Waals surface area (Å²) in [6.45, 7) is 8.70. The molecule has 0 aliphatic rings. The Hall–Kier alpha value is -2.88. The van der Waals surface area contributed by atoms with Gasteiger partial charge in [-0.15, -0.1) is 0 Å². The summed E-state index contributed by atoms with van der Waals surface area (Å²) in [5.74, 6) is -0.263. The minimum absolute atomic E-state index is 0.263. The van der Waals surface area contributed by atoms with Crippen molar-refractivity contribution in [3.63, 3.8) is 0 Å². The maximum Gasteiger partial charge on any atom is 0.146 e. The van der Waals surface area contributed by atoms with Gasteiger partial charge in [0.25, 0.3) is 0 Å². The van der Waals surface area contributed by atoms with E-state index < -0.39 is 0 Å². The Morgan fingerprint density at radius 3 is 2.92 bits per heavy atom. The topological polar surface area (TPSA) is 29.9 Å². The molecule has 0 amide bonds. The van der Waals surface area contributed by atoms with Crippen LogP contribution in [0.2, 0.25) is 0 Å². The fourth-order valence-corrected chi connectivity index (χ4v) is 2.83. The van der Waals surface area contributed by atoms with Crippen molar-refractivity contribution in [1.82, 2.24) is 9.55 Å². The lowest BCUT2D eigenvalue weighted by Gasteiger charge is -2.09. The highest BCUT2D eigenvalue weighted by Crippen LogP contribution is 2.18. The van der Waals surface area contributed by atoms with Crippen LogP contribution >= 0.6 is 0 Å². The van der Waals surface area contributed by atoms with Crippen LogP contribution < -0.4 is 15.8 Å². The largest absolute Gasteiger partial charge is 0.382 e. The van der Waals surface area contributed by atoms with E-state index in [0.29, 0.717) is 12.2 Å². The van der Waals surface area contributed by atoms with Gasteiger partial charge >= 0.3 is 0 Å². The van der Waals surface area contributed by atoms with Crippen molar-refractivity contribution in [3.8, 4) is 0 Å². The lowest BCUT2D eigenvalue weighted by molar-refractivity contribution is 0.629. The summed E-state index contributed by atoms with van der Waals surface area (Å²) in [4.78, 5) is 4.18. The van der Waals surface area contributed by atoms with Crippen molar-refractivity contribution >= 4 is 34.4 Å². The summed E-state index contributed by atoms with van der Waals surface area (Å²) in [5, 5.41) is 5.97. The lowest BCUT2D eigenvalue weighted by atomic mass is 10.1. The lowest BCUT2D eigenvalue weighted by Crippen LogP contribution is -2.29. The van der Waals surface area contributed by atoms with E-state index in [4.69, 9.17) is 0 Å². The molecular weight excluding hydrogens is 301 g/mol. The van der Waals surface area contributed by atoms with Gasteiger partial charge in [-0.05, 0) is 43.3 Å². The van der Waals surface area contributed by atoms with Crippen molar-refractivity contribution in [3.05, 3.63) is 65.7 Å². The van der Waals surface area contributed by atoms with Gasteiger partial charge in [0.2, 0.25) is 0 Å². The smallest absolute Gasteiger partial charge is 0.146 e. The molecule has 24 heavy (non-hydrogen) atoms. The molecular formula is C20H20FN3. The first-order chi connectivity index (χ1) is 11.7. The number of nitrogens with zero attached hydrogens (tertiary/aromatic N) is 2. The van der Waals surface area contributed by atoms with E-state index in [2.05, 4.69) is 16.9 Å². The van der Waals surface area contributed by atoms with Gasteiger partial charge in [0.05, 0.1) is 17.4 Å². The first kappa shape index (κ1) is 16.0. The van der Waals surface area contributed by atoms with Crippen LogP contribution in [-0.4, -0.2) is 16.1 Å². The van der Waals surface area contributed by atoms with Gasteiger partial charge in [0.15, 0.2) is 0 Å². The number of halogens is 1. The second-order valence-corrected chi connectivity index (χ2v) is 5.50. The molecule has 0 fully saturated rings. The first-order valence-corrected chi connectivity index (χ1v) is 7.96. The zero-order valence-corrected chi connectivity index (χ0v) is 13.9. The molecule has 0 radical (unpaired) electrons. The number of hydrogen-bond donors (Lipinski definition) is 1. The summed E-state index contributed by atoms with van der Waals surface area (Å²) < 4.78 is 16.2. The van der Waals surface area contributed by atoms with Crippen LogP contribution in [0, 0.1) is 5.82 Å². The Kier molecular flexibility index (Phi) is 4.47. The van der Waals surface area contributed by atoms with Gasteiger partial charge in [-0.3, -0.25) is 4.98 Å². The molecule has 3 rings (SSSR count). The molecule has 3 nitrogen and oxygen atoms in total. The zero-order chi connectivity index (χ0) is 17.1. The molecule has 0 aliphatic heterocycles. The summed E-state index contributed by atoms with van der Waals surface area (Å²) in [6, 6.07) is 7.24. The standard InChI is InChI=1S/C20H20FN3/c1-4-15-6-7-18(21)20(23-5-2)17(15)12-14(3)24-11-9-16-8-10-22-13-19(16)24/h4,6-13,23H,3,5H2,1-2H3/b15-4-,17-12+. The molecule has 0 saturated carbocycles. The van der Waals surface area contributed by atoms with Gasteiger partial charge in [-0.25, -0.2) is 4.39 Å². The number of pyridine rings is 1. The fourth-order valence-electron chi connectivity index (χ4n) is 2.83. The van der Waals surface area contributed by atoms with E-state index in [1.165, 1.54) is 6.07 Å². The molecule has 2 heterocycles. The van der Waals surface area contributed by atoms with Crippen LogP contribution in [-0.2, 0) is 0 Å². The number of fused-ring (bicyclic) bond motifs is 1. The van der Waals surface area contributed by atoms with E-state index >= 15 is 0 Å². The van der Waals surface area contributed by atoms with Gasteiger partial charge < -0.3 is 9.88 Å². The van der Waals surface area contributed by atoms with Crippen LogP contribution in [0.5, 0.6) is 0 Å². The van der Waals surface area contributed by atoms with E-state index in [9.17, 15) is 4.39 Å². The average molecular weight is 321 g/mol. The molecule has 0 spiro atoms. The summed E-state index contributed by atoms with van der Waals surface area (Å²) in [6.07, 6.45) is 9.39. The minimum Gasteiger partial charge on any atom is -0.382 e. The van der Waals surface area contributed by atoms with Crippen LogP contribution in [0.1, 0.15) is 13.8 Å².